The second-order valence-electron chi connectivity index (χ2n) is 4.50. The van der Waals surface area contributed by atoms with E-state index < -0.39 is 5.97 Å². The van der Waals surface area contributed by atoms with Gasteiger partial charge in [0.15, 0.2) is 0 Å². The third kappa shape index (κ3) is 3.28. The lowest BCUT2D eigenvalue weighted by Crippen LogP contribution is -2.37. The smallest absolute Gasteiger partial charge is 0.365 e. The van der Waals surface area contributed by atoms with Gasteiger partial charge in [0.25, 0.3) is 0 Å². The van der Waals surface area contributed by atoms with E-state index >= 15 is 0 Å². The van der Waals surface area contributed by atoms with Crippen molar-refractivity contribution in [2.24, 2.45) is 0 Å². The summed E-state index contributed by atoms with van der Waals surface area (Å²) in [5, 5.41) is 14.1. The van der Waals surface area contributed by atoms with Crippen molar-refractivity contribution in [2.75, 3.05) is 19.6 Å². The molecule has 0 radical (unpaired) electrons. The Labute approximate surface area is 111 Å². The highest BCUT2D eigenvalue weighted by Crippen LogP contribution is 2.16. The molecule has 1 aromatic heterocycles. The summed E-state index contributed by atoms with van der Waals surface area (Å²) >= 11 is 1.18. The fourth-order valence-electron chi connectivity index (χ4n) is 2.40. The first kappa shape index (κ1) is 13.5. The number of carboxylic acid groups (broad SMARTS) is 1. The summed E-state index contributed by atoms with van der Waals surface area (Å²) < 4.78 is 0. The van der Waals surface area contributed by atoms with Gasteiger partial charge >= 0.3 is 5.97 Å². The van der Waals surface area contributed by atoms with Gasteiger partial charge in [0.1, 0.15) is 0 Å². The highest BCUT2D eigenvalue weighted by atomic mass is 32.1. The van der Waals surface area contributed by atoms with Crippen LogP contribution in [0.5, 0.6) is 0 Å². The molecule has 2 N–H and O–H groups in total. The van der Waals surface area contributed by atoms with Crippen LogP contribution in [0.1, 0.15) is 35.3 Å². The van der Waals surface area contributed by atoms with E-state index in [0.29, 0.717) is 12.6 Å². The van der Waals surface area contributed by atoms with Crippen LogP contribution in [0, 0.1) is 0 Å². The number of thiazole rings is 1. The zero-order valence-corrected chi connectivity index (χ0v) is 11.4. The van der Waals surface area contributed by atoms with Gasteiger partial charge in [0, 0.05) is 24.5 Å². The Morgan fingerprint density at radius 3 is 3.22 bits per heavy atom. The molecule has 0 saturated carbocycles. The number of hydrogen-bond acceptors (Lipinski definition) is 5. The van der Waals surface area contributed by atoms with Crippen molar-refractivity contribution in [3.8, 4) is 0 Å². The van der Waals surface area contributed by atoms with Gasteiger partial charge in [-0.1, -0.05) is 6.92 Å². The number of nitrogens with zero attached hydrogens (tertiary/aromatic N) is 2. The van der Waals surface area contributed by atoms with Crippen LogP contribution in [-0.2, 0) is 6.54 Å². The van der Waals surface area contributed by atoms with Crippen molar-refractivity contribution >= 4 is 17.3 Å². The van der Waals surface area contributed by atoms with Crippen LogP contribution in [-0.4, -0.2) is 46.6 Å². The van der Waals surface area contributed by atoms with Gasteiger partial charge in [-0.05, 0) is 25.9 Å². The molecule has 0 amide bonds. The molecule has 0 aromatic carbocycles. The molecule has 1 atom stereocenters. The predicted molar refractivity (Wildman–Crippen MR) is 71.0 cm³/mol. The van der Waals surface area contributed by atoms with E-state index in [2.05, 4.69) is 22.1 Å². The molecule has 1 saturated heterocycles. The quantitative estimate of drug-likeness (QED) is 0.817. The molecule has 1 aliphatic heterocycles. The predicted octanol–water partition coefficient (Wildman–Crippen LogP) is 1.42. The molecule has 0 aliphatic carbocycles. The second kappa shape index (κ2) is 6.26. The minimum atomic E-state index is -0.945. The molecule has 0 spiro atoms. The van der Waals surface area contributed by atoms with Crippen LogP contribution < -0.4 is 5.32 Å². The molecule has 1 aromatic rings. The lowest BCUT2D eigenvalue weighted by molar-refractivity contribution is 0.0696. The van der Waals surface area contributed by atoms with Gasteiger partial charge < -0.3 is 10.4 Å². The Kier molecular flexibility index (Phi) is 4.68. The van der Waals surface area contributed by atoms with E-state index in [9.17, 15) is 4.79 Å². The second-order valence-corrected chi connectivity index (χ2v) is 5.36. The number of rotatable bonds is 6. The summed E-state index contributed by atoms with van der Waals surface area (Å²) in [4.78, 5) is 17.2. The van der Waals surface area contributed by atoms with Crippen LogP contribution in [0.3, 0.4) is 0 Å². The maximum atomic E-state index is 10.7. The number of carbonyl (C=O) groups is 1. The van der Waals surface area contributed by atoms with Crippen molar-refractivity contribution in [3.05, 3.63) is 16.1 Å². The molecule has 1 unspecified atom stereocenters. The molecule has 1 fully saturated rings. The summed E-state index contributed by atoms with van der Waals surface area (Å²) in [6.45, 7) is 6.10. The van der Waals surface area contributed by atoms with E-state index in [1.54, 1.807) is 0 Å². The largest absolute Gasteiger partial charge is 0.476 e. The molecule has 100 valence electrons. The Hall–Kier alpha value is -0.980. The van der Waals surface area contributed by atoms with Gasteiger partial charge in [-0.2, -0.15) is 0 Å². The minimum absolute atomic E-state index is 0.169. The number of carboxylic acids is 1. The van der Waals surface area contributed by atoms with Crippen molar-refractivity contribution in [1.82, 2.24) is 15.2 Å². The first-order valence-corrected chi connectivity index (χ1v) is 7.21. The van der Waals surface area contributed by atoms with Gasteiger partial charge in [-0.25, -0.2) is 9.78 Å². The van der Waals surface area contributed by atoms with E-state index in [1.165, 1.54) is 30.7 Å². The number of aromatic nitrogens is 1. The molecule has 5 nitrogen and oxygen atoms in total. The number of aromatic carboxylic acids is 1. The topological polar surface area (TPSA) is 65.5 Å². The van der Waals surface area contributed by atoms with E-state index in [-0.39, 0.29) is 5.01 Å². The first-order chi connectivity index (χ1) is 8.70. The summed E-state index contributed by atoms with van der Waals surface area (Å²) in [5.41, 5.74) is 0.818. The fraction of sp³-hybridized carbons (Fsp3) is 0.667. The summed E-state index contributed by atoms with van der Waals surface area (Å²) in [5.74, 6) is -0.945. The van der Waals surface area contributed by atoms with E-state index in [4.69, 9.17) is 5.11 Å². The third-order valence-corrected chi connectivity index (χ3v) is 4.21. The molecule has 2 rings (SSSR count). The minimum Gasteiger partial charge on any atom is -0.476 e. The van der Waals surface area contributed by atoms with Gasteiger partial charge in [-0.3, -0.25) is 4.90 Å². The molecule has 18 heavy (non-hydrogen) atoms. The molecule has 0 bridgehead atoms. The first-order valence-electron chi connectivity index (χ1n) is 6.33. The summed E-state index contributed by atoms with van der Waals surface area (Å²) in [7, 11) is 0. The van der Waals surface area contributed by atoms with Gasteiger partial charge in [0.05, 0.1) is 5.69 Å². The molecular formula is C12H19N3O2S. The number of nitrogens with one attached hydrogen (secondary N) is 1. The van der Waals surface area contributed by atoms with Gasteiger partial charge in [-0.15, -0.1) is 11.3 Å². The molecule has 2 heterocycles. The third-order valence-electron chi connectivity index (χ3n) is 3.33. The number of hydrogen-bond donors (Lipinski definition) is 2. The van der Waals surface area contributed by atoms with Crippen molar-refractivity contribution in [3.63, 3.8) is 0 Å². The van der Waals surface area contributed by atoms with Crippen molar-refractivity contribution in [1.29, 1.82) is 0 Å². The highest BCUT2D eigenvalue weighted by molar-refractivity contribution is 7.11. The monoisotopic (exact) mass is 269 g/mol. The number of likely N-dealkylation sites (tertiary alicyclic amines) is 1. The Bertz CT molecular complexity index is 408. The zero-order chi connectivity index (χ0) is 13.0. The summed E-state index contributed by atoms with van der Waals surface area (Å²) in [6.07, 6.45) is 2.53. The number of likely N-dealkylation sites (N-methyl/N-ethyl adjacent to an activating group) is 1. The molecular weight excluding hydrogens is 250 g/mol. The lowest BCUT2D eigenvalue weighted by atomic mass is 10.2. The average Bonchev–Trinajstić information content (AvgIpc) is 2.97. The zero-order valence-electron chi connectivity index (χ0n) is 10.6. The fourth-order valence-corrected chi connectivity index (χ4v) is 3.05. The van der Waals surface area contributed by atoms with Crippen LogP contribution in [0.25, 0.3) is 0 Å². The Morgan fingerprint density at radius 2 is 2.56 bits per heavy atom. The Balaban J connectivity index is 1.76. The van der Waals surface area contributed by atoms with Gasteiger partial charge in [0.2, 0.25) is 5.01 Å². The van der Waals surface area contributed by atoms with Crippen LogP contribution in [0.2, 0.25) is 0 Å². The Morgan fingerprint density at radius 1 is 1.72 bits per heavy atom. The van der Waals surface area contributed by atoms with Crippen LogP contribution in [0.4, 0.5) is 0 Å². The lowest BCUT2D eigenvalue weighted by Gasteiger charge is -2.22. The normalized spacial score (nSPS) is 20.4. The highest BCUT2D eigenvalue weighted by Gasteiger charge is 2.22. The van der Waals surface area contributed by atoms with Crippen molar-refractivity contribution < 1.29 is 9.90 Å². The van der Waals surface area contributed by atoms with Crippen molar-refractivity contribution in [2.45, 2.75) is 32.4 Å². The SMILES string of the molecule is CCN1CCCC1CNCc1csc(C(=O)O)n1. The standard InChI is InChI=1S/C12H19N3O2S/c1-2-15-5-3-4-10(15)7-13-6-9-8-18-11(14-9)12(16)17/h8,10,13H,2-7H2,1H3,(H,16,17). The average molecular weight is 269 g/mol. The van der Waals surface area contributed by atoms with Crippen LogP contribution >= 0.6 is 11.3 Å². The maximum absolute atomic E-state index is 10.7. The molecule has 6 heteroatoms. The molecule has 1 aliphatic rings. The van der Waals surface area contributed by atoms with E-state index in [1.807, 2.05) is 5.38 Å². The van der Waals surface area contributed by atoms with Crippen LogP contribution in [0.15, 0.2) is 5.38 Å². The summed E-state index contributed by atoms with van der Waals surface area (Å²) in [6, 6.07) is 0.618. The maximum Gasteiger partial charge on any atom is 0.365 e. The van der Waals surface area contributed by atoms with E-state index in [0.717, 1.165) is 18.8 Å².